The van der Waals surface area contributed by atoms with Gasteiger partial charge in [0.15, 0.2) is 0 Å². The summed E-state index contributed by atoms with van der Waals surface area (Å²) in [6.45, 7) is 0. The van der Waals surface area contributed by atoms with Crippen LogP contribution in [0.25, 0.3) is 11.1 Å². The van der Waals surface area contributed by atoms with E-state index in [9.17, 15) is 9.18 Å². The van der Waals surface area contributed by atoms with Gasteiger partial charge >= 0.3 is 5.97 Å². The molecule has 0 bridgehead atoms. The first-order valence-electron chi connectivity index (χ1n) is 5.00. The lowest BCUT2D eigenvalue weighted by Crippen LogP contribution is -2.01. The number of halogens is 1. The third kappa shape index (κ3) is 2.30. The fourth-order valence-corrected chi connectivity index (χ4v) is 1.52. The average molecular weight is 231 g/mol. The standard InChI is InChI=1S/C13H10FNO2/c1-17-13(16)9-4-5-11(12(14)7-9)10-3-2-6-15-8-10/h2-8H,1H3. The summed E-state index contributed by atoms with van der Waals surface area (Å²) in [5, 5.41) is 0. The van der Waals surface area contributed by atoms with E-state index in [1.165, 1.54) is 13.2 Å². The average Bonchev–Trinajstić information content (AvgIpc) is 2.38. The van der Waals surface area contributed by atoms with E-state index >= 15 is 0 Å². The Hall–Kier alpha value is -2.23. The summed E-state index contributed by atoms with van der Waals surface area (Å²) < 4.78 is 18.3. The molecule has 0 N–H and O–H groups in total. The van der Waals surface area contributed by atoms with Crippen LogP contribution in [0.5, 0.6) is 0 Å². The largest absolute Gasteiger partial charge is 0.465 e. The predicted octanol–water partition coefficient (Wildman–Crippen LogP) is 2.67. The van der Waals surface area contributed by atoms with Crippen molar-refractivity contribution >= 4 is 5.97 Å². The van der Waals surface area contributed by atoms with E-state index in [0.717, 1.165) is 6.07 Å². The first kappa shape index (κ1) is 11.3. The lowest BCUT2D eigenvalue weighted by Gasteiger charge is -2.04. The van der Waals surface area contributed by atoms with Crippen LogP contribution in [0.3, 0.4) is 0 Å². The molecule has 0 spiro atoms. The van der Waals surface area contributed by atoms with Gasteiger partial charge in [-0.3, -0.25) is 4.98 Å². The van der Waals surface area contributed by atoms with Gasteiger partial charge in [-0.2, -0.15) is 0 Å². The first-order chi connectivity index (χ1) is 8.22. The molecule has 0 saturated carbocycles. The molecule has 0 fully saturated rings. The Balaban J connectivity index is 2.42. The summed E-state index contributed by atoms with van der Waals surface area (Å²) in [6.07, 6.45) is 3.18. The fraction of sp³-hybridized carbons (Fsp3) is 0.0769. The molecule has 4 heteroatoms. The van der Waals surface area contributed by atoms with Gasteiger partial charge in [0.1, 0.15) is 5.82 Å². The van der Waals surface area contributed by atoms with E-state index in [2.05, 4.69) is 9.72 Å². The van der Waals surface area contributed by atoms with Crippen LogP contribution in [0.1, 0.15) is 10.4 Å². The zero-order valence-corrected chi connectivity index (χ0v) is 9.18. The van der Waals surface area contributed by atoms with Gasteiger partial charge in [-0.1, -0.05) is 12.1 Å². The van der Waals surface area contributed by atoms with Gasteiger partial charge in [0, 0.05) is 23.5 Å². The summed E-state index contributed by atoms with van der Waals surface area (Å²) in [6, 6.07) is 7.70. The van der Waals surface area contributed by atoms with Crippen molar-refractivity contribution in [3.63, 3.8) is 0 Å². The maximum atomic E-state index is 13.8. The number of benzene rings is 1. The van der Waals surface area contributed by atoms with Crippen LogP contribution in [0.2, 0.25) is 0 Å². The second kappa shape index (κ2) is 4.74. The highest BCUT2D eigenvalue weighted by atomic mass is 19.1. The number of methoxy groups -OCH3 is 1. The summed E-state index contributed by atoms with van der Waals surface area (Å²) >= 11 is 0. The van der Waals surface area contributed by atoms with Crippen molar-refractivity contribution in [1.82, 2.24) is 4.98 Å². The van der Waals surface area contributed by atoms with Crippen molar-refractivity contribution in [3.8, 4) is 11.1 Å². The Morgan fingerprint density at radius 1 is 1.35 bits per heavy atom. The number of carbonyl (C=O) groups excluding carboxylic acids is 1. The van der Waals surface area contributed by atoms with Gasteiger partial charge in [0.05, 0.1) is 12.7 Å². The SMILES string of the molecule is COC(=O)c1ccc(-c2cccnc2)c(F)c1. The number of carbonyl (C=O) groups is 1. The molecule has 0 saturated heterocycles. The minimum Gasteiger partial charge on any atom is -0.465 e. The zero-order chi connectivity index (χ0) is 12.3. The van der Waals surface area contributed by atoms with E-state index in [1.54, 1.807) is 30.6 Å². The van der Waals surface area contributed by atoms with Gasteiger partial charge in [-0.15, -0.1) is 0 Å². The van der Waals surface area contributed by atoms with Gasteiger partial charge in [-0.25, -0.2) is 9.18 Å². The summed E-state index contributed by atoms with van der Waals surface area (Å²) in [5.74, 6) is -1.03. The molecular weight excluding hydrogens is 221 g/mol. The van der Waals surface area contributed by atoms with Crippen molar-refractivity contribution in [3.05, 3.63) is 54.1 Å². The molecule has 0 aliphatic rings. The van der Waals surface area contributed by atoms with Crippen LogP contribution in [-0.2, 0) is 4.74 Å². The number of ether oxygens (including phenoxy) is 1. The lowest BCUT2D eigenvalue weighted by molar-refractivity contribution is 0.0600. The Bertz CT molecular complexity index is 540. The highest BCUT2D eigenvalue weighted by Crippen LogP contribution is 2.22. The highest BCUT2D eigenvalue weighted by molar-refractivity contribution is 5.90. The Labute approximate surface area is 97.9 Å². The number of hydrogen-bond acceptors (Lipinski definition) is 3. The topological polar surface area (TPSA) is 39.2 Å². The lowest BCUT2D eigenvalue weighted by atomic mass is 10.0. The first-order valence-corrected chi connectivity index (χ1v) is 5.00. The van der Waals surface area contributed by atoms with E-state index < -0.39 is 11.8 Å². The molecule has 0 unspecified atom stereocenters. The van der Waals surface area contributed by atoms with Crippen molar-refractivity contribution in [2.45, 2.75) is 0 Å². The zero-order valence-electron chi connectivity index (χ0n) is 9.18. The van der Waals surface area contributed by atoms with E-state index in [-0.39, 0.29) is 5.56 Å². The number of nitrogens with zero attached hydrogens (tertiary/aromatic N) is 1. The molecule has 3 nitrogen and oxygen atoms in total. The molecule has 2 rings (SSSR count). The maximum Gasteiger partial charge on any atom is 0.337 e. The molecule has 0 radical (unpaired) electrons. The van der Waals surface area contributed by atoms with Crippen molar-refractivity contribution in [2.24, 2.45) is 0 Å². The summed E-state index contributed by atoms with van der Waals surface area (Å²) in [4.78, 5) is 15.1. The molecule has 17 heavy (non-hydrogen) atoms. The second-order valence-corrected chi connectivity index (χ2v) is 3.43. The third-order valence-corrected chi connectivity index (χ3v) is 2.36. The Morgan fingerprint density at radius 3 is 2.76 bits per heavy atom. The van der Waals surface area contributed by atoms with E-state index in [0.29, 0.717) is 11.1 Å². The molecule has 1 aromatic carbocycles. The van der Waals surface area contributed by atoms with Crippen molar-refractivity contribution < 1.29 is 13.9 Å². The van der Waals surface area contributed by atoms with Crippen LogP contribution in [-0.4, -0.2) is 18.1 Å². The highest BCUT2D eigenvalue weighted by Gasteiger charge is 2.10. The number of hydrogen-bond donors (Lipinski definition) is 0. The van der Waals surface area contributed by atoms with Crippen LogP contribution < -0.4 is 0 Å². The Morgan fingerprint density at radius 2 is 2.18 bits per heavy atom. The van der Waals surface area contributed by atoms with Crippen molar-refractivity contribution in [2.75, 3.05) is 7.11 Å². The number of esters is 1. The maximum absolute atomic E-state index is 13.8. The molecule has 1 aromatic heterocycles. The quantitative estimate of drug-likeness (QED) is 0.746. The molecule has 1 heterocycles. The third-order valence-electron chi connectivity index (χ3n) is 2.36. The smallest absolute Gasteiger partial charge is 0.337 e. The van der Waals surface area contributed by atoms with Crippen LogP contribution in [0.4, 0.5) is 4.39 Å². The summed E-state index contributed by atoms with van der Waals surface area (Å²) in [7, 11) is 1.26. The molecule has 0 aliphatic carbocycles. The fourth-order valence-electron chi connectivity index (χ4n) is 1.52. The molecular formula is C13H10FNO2. The van der Waals surface area contributed by atoms with Gasteiger partial charge < -0.3 is 4.74 Å². The van der Waals surface area contributed by atoms with E-state index in [1.807, 2.05) is 0 Å². The predicted molar refractivity (Wildman–Crippen MR) is 61.0 cm³/mol. The molecule has 2 aromatic rings. The molecule has 0 aliphatic heterocycles. The number of rotatable bonds is 2. The van der Waals surface area contributed by atoms with Crippen LogP contribution in [0.15, 0.2) is 42.7 Å². The molecule has 0 atom stereocenters. The van der Waals surface area contributed by atoms with Crippen LogP contribution in [0, 0.1) is 5.82 Å². The minimum absolute atomic E-state index is 0.192. The van der Waals surface area contributed by atoms with Crippen LogP contribution >= 0.6 is 0 Å². The molecule has 86 valence electrons. The minimum atomic E-state index is -0.554. The summed E-state index contributed by atoms with van der Waals surface area (Å²) in [5.41, 5.74) is 1.27. The van der Waals surface area contributed by atoms with Crippen molar-refractivity contribution in [1.29, 1.82) is 0 Å². The van der Waals surface area contributed by atoms with E-state index in [4.69, 9.17) is 0 Å². The Kier molecular flexibility index (Phi) is 3.14. The second-order valence-electron chi connectivity index (χ2n) is 3.43. The number of aromatic nitrogens is 1. The number of pyridine rings is 1. The monoisotopic (exact) mass is 231 g/mol. The van der Waals surface area contributed by atoms with Gasteiger partial charge in [-0.05, 0) is 18.2 Å². The van der Waals surface area contributed by atoms with Gasteiger partial charge in [0.25, 0.3) is 0 Å². The normalized spacial score (nSPS) is 10.0. The molecule has 0 amide bonds. The van der Waals surface area contributed by atoms with Gasteiger partial charge in [0.2, 0.25) is 0 Å².